The van der Waals surface area contributed by atoms with Gasteiger partial charge < -0.3 is 18.3 Å². The fourth-order valence-electron chi connectivity index (χ4n) is 4.27. The van der Waals surface area contributed by atoms with Gasteiger partial charge in [0.15, 0.2) is 0 Å². The van der Waals surface area contributed by atoms with Crippen LogP contribution >= 0.6 is 0 Å². The van der Waals surface area contributed by atoms with Crippen molar-refractivity contribution in [3.8, 4) is 33.8 Å². The molecule has 4 nitrogen and oxygen atoms in total. The fraction of sp³-hybridized carbons (Fsp3) is 0.500. The molecule has 0 atom stereocenters. The number of hydrogen-bond donors (Lipinski definition) is 0. The zero-order chi connectivity index (χ0) is 31.3. The Kier molecular flexibility index (Phi) is 11.0. The summed E-state index contributed by atoms with van der Waals surface area (Å²) < 4.78 is 25.9. The van der Waals surface area contributed by atoms with E-state index in [0.717, 1.165) is 44.9 Å². The molecule has 0 fully saturated rings. The molecule has 0 heterocycles. The molecule has 0 aliphatic rings. The molecule has 3 aromatic rings. The third-order valence-electron chi connectivity index (χ3n) is 8.95. The van der Waals surface area contributed by atoms with Gasteiger partial charge in [0.1, 0.15) is 11.5 Å². The van der Waals surface area contributed by atoms with Gasteiger partial charge in [-0.3, -0.25) is 0 Å². The molecule has 0 aliphatic carbocycles. The SMILES string of the molecule is CCOCc1cc(-c2ccccc2O[Si](C)(C)C(C)(C)C)c(COCC)cc1-c1ccccc1O[Si](C)(C)C(C)(C)C. The lowest BCUT2D eigenvalue weighted by atomic mass is 9.90. The number of para-hydroxylation sites is 2. The lowest BCUT2D eigenvalue weighted by molar-refractivity contribution is 0.132. The third-order valence-corrected chi connectivity index (χ3v) is 17.6. The molecule has 0 amide bonds. The quantitative estimate of drug-likeness (QED) is 0.192. The monoisotopic (exact) mass is 606 g/mol. The number of rotatable bonds is 12. The summed E-state index contributed by atoms with van der Waals surface area (Å²) in [5, 5.41) is 0.179. The van der Waals surface area contributed by atoms with Gasteiger partial charge in [0.25, 0.3) is 16.6 Å². The summed E-state index contributed by atoms with van der Waals surface area (Å²) in [5.74, 6) is 1.86. The van der Waals surface area contributed by atoms with Crippen molar-refractivity contribution >= 4 is 16.6 Å². The highest BCUT2D eigenvalue weighted by Gasteiger charge is 2.40. The molecule has 3 rings (SSSR count). The zero-order valence-corrected chi connectivity index (χ0v) is 30.2. The van der Waals surface area contributed by atoms with Gasteiger partial charge in [-0.1, -0.05) is 77.9 Å². The van der Waals surface area contributed by atoms with E-state index in [2.05, 4.69) is 128 Å². The Morgan fingerprint density at radius 3 is 1.17 bits per heavy atom. The van der Waals surface area contributed by atoms with Gasteiger partial charge in [-0.25, -0.2) is 0 Å². The Labute approximate surface area is 258 Å². The van der Waals surface area contributed by atoms with Crippen LogP contribution in [0.2, 0.25) is 36.3 Å². The summed E-state index contributed by atoms with van der Waals surface area (Å²) in [5.41, 5.74) is 6.68. The van der Waals surface area contributed by atoms with Crippen LogP contribution in [-0.4, -0.2) is 29.8 Å². The first-order valence-corrected chi connectivity index (χ1v) is 21.2. The van der Waals surface area contributed by atoms with Crippen molar-refractivity contribution in [1.29, 1.82) is 0 Å². The summed E-state index contributed by atoms with van der Waals surface area (Å²) >= 11 is 0. The van der Waals surface area contributed by atoms with Crippen LogP contribution in [0.5, 0.6) is 11.5 Å². The van der Waals surface area contributed by atoms with Crippen LogP contribution in [-0.2, 0) is 22.7 Å². The van der Waals surface area contributed by atoms with Crippen molar-refractivity contribution in [3.63, 3.8) is 0 Å². The molecular weight excluding hydrogens is 553 g/mol. The van der Waals surface area contributed by atoms with E-state index in [1.54, 1.807) is 0 Å². The van der Waals surface area contributed by atoms with E-state index in [0.29, 0.717) is 26.4 Å². The summed E-state index contributed by atoms with van der Waals surface area (Å²) in [4.78, 5) is 0. The Morgan fingerprint density at radius 2 is 0.857 bits per heavy atom. The fourth-order valence-corrected chi connectivity index (χ4v) is 6.33. The minimum atomic E-state index is -2.07. The molecule has 3 aromatic carbocycles. The van der Waals surface area contributed by atoms with Gasteiger partial charge in [-0.15, -0.1) is 0 Å². The van der Waals surface area contributed by atoms with E-state index in [1.807, 2.05) is 13.8 Å². The van der Waals surface area contributed by atoms with Gasteiger partial charge in [0.05, 0.1) is 13.2 Å². The standard InChI is InChI=1S/C36H54O4Si2/c1-13-37-25-27-23-32(30-20-16-18-22-34(30)40-42(11,12)36(6,7)8)28(26-38-14-2)24-31(27)29-19-15-17-21-33(29)39-41(9,10)35(3,4)5/h15-24H,13-14,25-26H2,1-12H3. The van der Waals surface area contributed by atoms with Crippen LogP contribution in [0.3, 0.4) is 0 Å². The minimum Gasteiger partial charge on any atom is -0.543 e. The second kappa shape index (κ2) is 13.5. The topological polar surface area (TPSA) is 36.9 Å². The van der Waals surface area contributed by atoms with Gasteiger partial charge in [-0.2, -0.15) is 0 Å². The van der Waals surface area contributed by atoms with Crippen LogP contribution in [0, 0.1) is 0 Å². The highest BCUT2D eigenvalue weighted by atomic mass is 28.4. The van der Waals surface area contributed by atoms with Crippen molar-refractivity contribution < 1.29 is 18.3 Å². The predicted octanol–water partition coefficient (Wildman–Crippen LogP) is 10.9. The van der Waals surface area contributed by atoms with Gasteiger partial charge >= 0.3 is 0 Å². The number of benzene rings is 3. The molecule has 0 saturated heterocycles. The summed E-state index contributed by atoms with van der Waals surface area (Å²) in [7, 11) is -4.13. The van der Waals surface area contributed by atoms with Crippen LogP contribution < -0.4 is 8.85 Å². The largest absolute Gasteiger partial charge is 0.543 e. The Bertz CT molecular complexity index is 1230. The molecule has 0 unspecified atom stereocenters. The van der Waals surface area contributed by atoms with Gasteiger partial charge in [-0.05, 0) is 96.6 Å². The summed E-state index contributed by atoms with van der Waals surface area (Å²) in [6.45, 7) is 29.3. The van der Waals surface area contributed by atoms with Crippen molar-refractivity contribution in [2.45, 2.75) is 105 Å². The Hall–Kier alpha value is -2.39. The molecule has 42 heavy (non-hydrogen) atoms. The van der Waals surface area contributed by atoms with E-state index in [4.69, 9.17) is 18.3 Å². The van der Waals surface area contributed by atoms with Crippen molar-refractivity contribution in [1.82, 2.24) is 0 Å². The first-order chi connectivity index (χ1) is 19.5. The maximum Gasteiger partial charge on any atom is 0.250 e. The van der Waals surface area contributed by atoms with Gasteiger partial charge in [0, 0.05) is 24.3 Å². The molecule has 0 aliphatic heterocycles. The molecule has 0 aromatic heterocycles. The number of ether oxygens (including phenoxy) is 2. The first-order valence-electron chi connectivity index (χ1n) is 15.4. The third kappa shape index (κ3) is 7.96. The second-order valence-electron chi connectivity index (χ2n) is 14.2. The smallest absolute Gasteiger partial charge is 0.250 e. The normalized spacial score (nSPS) is 12.9. The summed E-state index contributed by atoms with van der Waals surface area (Å²) in [6.07, 6.45) is 0. The maximum atomic E-state index is 6.90. The van der Waals surface area contributed by atoms with Gasteiger partial charge in [0.2, 0.25) is 0 Å². The molecule has 0 N–H and O–H groups in total. The molecular formula is C36H54O4Si2. The molecule has 0 radical (unpaired) electrons. The molecule has 6 heteroatoms. The van der Waals surface area contributed by atoms with Crippen molar-refractivity contribution in [2.75, 3.05) is 13.2 Å². The minimum absolute atomic E-state index is 0.0894. The Morgan fingerprint density at radius 1 is 0.524 bits per heavy atom. The highest BCUT2D eigenvalue weighted by molar-refractivity contribution is 6.75. The van der Waals surface area contributed by atoms with Crippen LogP contribution in [0.4, 0.5) is 0 Å². The maximum absolute atomic E-state index is 6.90. The summed E-state index contributed by atoms with van der Waals surface area (Å²) in [6, 6.07) is 21.5. The Balaban J connectivity index is 2.27. The zero-order valence-electron chi connectivity index (χ0n) is 28.2. The molecule has 0 bridgehead atoms. The van der Waals surface area contributed by atoms with E-state index in [9.17, 15) is 0 Å². The van der Waals surface area contributed by atoms with Crippen LogP contribution in [0.1, 0.15) is 66.5 Å². The van der Waals surface area contributed by atoms with E-state index in [1.165, 1.54) is 0 Å². The molecule has 0 saturated carbocycles. The average Bonchev–Trinajstić information content (AvgIpc) is 2.89. The average molecular weight is 607 g/mol. The second-order valence-corrected chi connectivity index (χ2v) is 23.6. The predicted molar refractivity (Wildman–Crippen MR) is 184 cm³/mol. The van der Waals surface area contributed by atoms with E-state index >= 15 is 0 Å². The van der Waals surface area contributed by atoms with Crippen molar-refractivity contribution in [2.24, 2.45) is 0 Å². The molecule has 230 valence electrons. The highest BCUT2D eigenvalue weighted by Crippen LogP contribution is 2.45. The van der Waals surface area contributed by atoms with Crippen LogP contribution in [0.15, 0.2) is 60.7 Å². The molecule has 0 spiro atoms. The van der Waals surface area contributed by atoms with E-state index < -0.39 is 16.6 Å². The van der Waals surface area contributed by atoms with E-state index in [-0.39, 0.29) is 10.1 Å². The first kappa shape index (κ1) is 34.1. The van der Waals surface area contributed by atoms with Crippen molar-refractivity contribution in [3.05, 3.63) is 71.8 Å². The van der Waals surface area contributed by atoms with Crippen LogP contribution in [0.25, 0.3) is 22.3 Å². The lowest BCUT2D eigenvalue weighted by Gasteiger charge is -2.37. The lowest BCUT2D eigenvalue weighted by Crippen LogP contribution is -2.44. The number of hydrogen-bond acceptors (Lipinski definition) is 4.